The second kappa shape index (κ2) is 9.73. The third-order valence-corrected chi connectivity index (χ3v) is 4.42. The van der Waals surface area contributed by atoms with E-state index >= 15 is 0 Å². The number of anilines is 4. The first kappa shape index (κ1) is 21.7. The number of nitrogens with zero attached hydrogens (tertiary/aromatic N) is 5. The number of carbonyl (C=O) groups is 1. The molecule has 0 atom stereocenters. The van der Waals surface area contributed by atoms with Crippen LogP contribution in [0.5, 0.6) is 5.75 Å². The van der Waals surface area contributed by atoms with E-state index in [1.165, 1.54) is 13.3 Å². The lowest BCUT2D eigenvalue weighted by Gasteiger charge is -2.15. The van der Waals surface area contributed by atoms with Crippen LogP contribution in [0.1, 0.15) is 23.2 Å². The lowest BCUT2D eigenvalue weighted by Crippen LogP contribution is -2.12. The van der Waals surface area contributed by atoms with Gasteiger partial charge in [-0.3, -0.25) is 0 Å². The Hall–Kier alpha value is -4.54. The van der Waals surface area contributed by atoms with Crippen molar-refractivity contribution in [2.75, 3.05) is 24.4 Å². The molecule has 4 rings (SSSR count). The lowest BCUT2D eigenvalue weighted by atomic mass is 10.1. The predicted molar refractivity (Wildman–Crippen MR) is 120 cm³/mol. The van der Waals surface area contributed by atoms with Crippen molar-refractivity contribution in [1.82, 2.24) is 25.1 Å². The summed E-state index contributed by atoms with van der Waals surface area (Å²) in [6.07, 6.45) is 3.03. The summed E-state index contributed by atoms with van der Waals surface area (Å²) < 4.78 is 16.3. The maximum absolute atomic E-state index is 12.5. The van der Waals surface area contributed by atoms with E-state index in [-0.39, 0.29) is 23.9 Å². The van der Waals surface area contributed by atoms with Gasteiger partial charge in [0.1, 0.15) is 11.4 Å². The van der Waals surface area contributed by atoms with Crippen LogP contribution in [0.2, 0.25) is 0 Å². The number of ether oxygens (including phenoxy) is 2. The largest absolute Gasteiger partial charge is 0.494 e. The molecular formula is C22H21N7O4. The molecule has 3 aromatic heterocycles. The molecule has 4 aromatic rings. The summed E-state index contributed by atoms with van der Waals surface area (Å²) in [5.41, 5.74) is 1.27. The van der Waals surface area contributed by atoms with Gasteiger partial charge in [0.05, 0.1) is 25.0 Å². The second-order valence-electron chi connectivity index (χ2n) is 6.65. The van der Waals surface area contributed by atoms with Crippen LogP contribution in [-0.4, -0.2) is 44.8 Å². The molecule has 1 aromatic carbocycles. The summed E-state index contributed by atoms with van der Waals surface area (Å²) in [5, 5.41) is 14.1. The summed E-state index contributed by atoms with van der Waals surface area (Å²) in [6, 6.07) is 10.8. The average molecular weight is 447 g/mol. The highest BCUT2D eigenvalue weighted by molar-refractivity contribution is 5.96. The van der Waals surface area contributed by atoms with E-state index in [2.05, 4.69) is 35.8 Å². The molecule has 0 aliphatic carbocycles. The number of carbonyl (C=O) groups excluding carboxylic acids is 1. The van der Waals surface area contributed by atoms with Crippen molar-refractivity contribution in [1.29, 1.82) is 0 Å². The molecule has 0 amide bonds. The zero-order valence-electron chi connectivity index (χ0n) is 18.2. The van der Waals surface area contributed by atoms with Crippen molar-refractivity contribution in [3.8, 4) is 17.2 Å². The molecule has 11 nitrogen and oxygen atoms in total. The second-order valence-corrected chi connectivity index (χ2v) is 6.65. The van der Waals surface area contributed by atoms with Crippen molar-refractivity contribution in [3.05, 3.63) is 60.2 Å². The summed E-state index contributed by atoms with van der Waals surface area (Å²) in [4.78, 5) is 25.4. The molecular weight excluding hydrogens is 426 g/mol. The van der Waals surface area contributed by atoms with Crippen molar-refractivity contribution in [2.45, 2.75) is 13.8 Å². The van der Waals surface area contributed by atoms with E-state index < -0.39 is 5.97 Å². The fourth-order valence-corrected chi connectivity index (χ4v) is 3.00. The Labute approximate surface area is 189 Å². The van der Waals surface area contributed by atoms with Gasteiger partial charge >= 0.3 is 5.97 Å². The van der Waals surface area contributed by atoms with E-state index in [1.807, 2.05) is 6.07 Å². The van der Waals surface area contributed by atoms with Crippen LogP contribution in [0.15, 0.2) is 53.2 Å². The van der Waals surface area contributed by atoms with E-state index in [1.54, 1.807) is 50.4 Å². The number of aryl methyl sites for hydroxylation is 1. The SMILES string of the molecule is CCOC(=O)c1cnc(Nc2ccccn2)nc1Nc1cccc(-c2nnc(C)o2)c1OC. The smallest absolute Gasteiger partial charge is 0.343 e. The van der Waals surface area contributed by atoms with Crippen LogP contribution >= 0.6 is 0 Å². The highest BCUT2D eigenvalue weighted by Crippen LogP contribution is 2.37. The molecule has 0 radical (unpaired) electrons. The van der Waals surface area contributed by atoms with E-state index in [0.29, 0.717) is 34.6 Å². The van der Waals surface area contributed by atoms with Gasteiger partial charge in [0, 0.05) is 19.3 Å². The van der Waals surface area contributed by atoms with Crippen molar-refractivity contribution in [2.24, 2.45) is 0 Å². The van der Waals surface area contributed by atoms with Crippen molar-refractivity contribution in [3.63, 3.8) is 0 Å². The molecule has 0 saturated heterocycles. The fourth-order valence-electron chi connectivity index (χ4n) is 3.00. The van der Waals surface area contributed by atoms with Gasteiger partial charge in [-0.2, -0.15) is 4.98 Å². The van der Waals surface area contributed by atoms with Gasteiger partial charge in [0.15, 0.2) is 11.6 Å². The molecule has 0 saturated carbocycles. The molecule has 3 heterocycles. The quantitative estimate of drug-likeness (QED) is 0.380. The van der Waals surface area contributed by atoms with E-state index in [4.69, 9.17) is 13.9 Å². The fraction of sp³-hybridized carbons (Fsp3) is 0.182. The van der Waals surface area contributed by atoms with Gasteiger partial charge in [-0.1, -0.05) is 12.1 Å². The zero-order chi connectivity index (χ0) is 23.2. The number of benzene rings is 1. The minimum Gasteiger partial charge on any atom is -0.494 e. The first-order valence-electron chi connectivity index (χ1n) is 10.1. The molecule has 11 heteroatoms. The van der Waals surface area contributed by atoms with Crippen LogP contribution < -0.4 is 15.4 Å². The average Bonchev–Trinajstić information content (AvgIpc) is 3.26. The maximum Gasteiger partial charge on any atom is 0.343 e. The Bertz CT molecular complexity index is 1260. The Morgan fingerprint density at radius 2 is 1.97 bits per heavy atom. The number of methoxy groups -OCH3 is 1. The zero-order valence-corrected chi connectivity index (χ0v) is 18.2. The third-order valence-electron chi connectivity index (χ3n) is 4.42. The Morgan fingerprint density at radius 1 is 1.09 bits per heavy atom. The number of hydrogen-bond donors (Lipinski definition) is 2. The standard InChI is InChI=1S/C22H21N7O4/c1-4-32-21(30)15-12-24-22(26-17-10-5-6-11-23-17)27-19(15)25-16-9-7-8-14(18(16)31-3)20-29-28-13(2)33-20/h5-12H,4H2,1-3H3,(H2,23,24,25,26,27). The Kier molecular flexibility index (Phi) is 6.39. The molecule has 0 unspecified atom stereocenters. The molecule has 0 spiro atoms. The number of hydrogen-bond acceptors (Lipinski definition) is 11. The van der Waals surface area contributed by atoms with E-state index in [9.17, 15) is 4.79 Å². The number of rotatable bonds is 8. The topological polar surface area (TPSA) is 137 Å². The van der Waals surface area contributed by atoms with Crippen LogP contribution in [-0.2, 0) is 4.74 Å². The van der Waals surface area contributed by atoms with Gasteiger partial charge in [0.25, 0.3) is 5.89 Å². The summed E-state index contributed by atoms with van der Waals surface area (Å²) in [5.74, 6) is 1.63. The highest BCUT2D eigenvalue weighted by Gasteiger charge is 2.20. The first-order valence-corrected chi connectivity index (χ1v) is 10.1. The molecule has 168 valence electrons. The lowest BCUT2D eigenvalue weighted by molar-refractivity contribution is 0.0526. The Balaban J connectivity index is 1.74. The first-order chi connectivity index (χ1) is 16.1. The number of nitrogens with one attached hydrogen (secondary N) is 2. The number of aromatic nitrogens is 5. The minimum atomic E-state index is -0.563. The maximum atomic E-state index is 12.5. The van der Waals surface area contributed by atoms with Gasteiger partial charge in [-0.15, -0.1) is 10.2 Å². The molecule has 0 aliphatic rings. The summed E-state index contributed by atoms with van der Waals surface area (Å²) >= 11 is 0. The molecule has 2 N–H and O–H groups in total. The highest BCUT2D eigenvalue weighted by atomic mass is 16.5. The molecule has 33 heavy (non-hydrogen) atoms. The molecule has 0 aliphatic heterocycles. The monoisotopic (exact) mass is 447 g/mol. The van der Waals surface area contributed by atoms with Gasteiger partial charge in [-0.25, -0.2) is 14.8 Å². The minimum absolute atomic E-state index is 0.157. The van der Waals surface area contributed by atoms with Crippen LogP contribution in [0, 0.1) is 6.92 Å². The van der Waals surface area contributed by atoms with Crippen LogP contribution in [0.4, 0.5) is 23.3 Å². The van der Waals surface area contributed by atoms with Gasteiger partial charge in [0.2, 0.25) is 11.8 Å². The normalized spacial score (nSPS) is 10.5. The van der Waals surface area contributed by atoms with Crippen molar-refractivity contribution >= 4 is 29.2 Å². The number of para-hydroxylation sites is 1. The predicted octanol–water partition coefficient (Wildman–Crippen LogP) is 3.90. The summed E-state index contributed by atoms with van der Waals surface area (Å²) in [7, 11) is 1.52. The van der Waals surface area contributed by atoms with Gasteiger partial charge in [-0.05, 0) is 31.2 Å². The van der Waals surface area contributed by atoms with E-state index in [0.717, 1.165) is 0 Å². The Morgan fingerprint density at radius 3 is 2.67 bits per heavy atom. The van der Waals surface area contributed by atoms with Gasteiger partial charge < -0.3 is 24.5 Å². The molecule has 0 fully saturated rings. The van der Waals surface area contributed by atoms with Crippen LogP contribution in [0.3, 0.4) is 0 Å². The van der Waals surface area contributed by atoms with Crippen LogP contribution in [0.25, 0.3) is 11.5 Å². The van der Waals surface area contributed by atoms with Crippen molar-refractivity contribution < 1.29 is 18.7 Å². The number of pyridine rings is 1. The third kappa shape index (κ3) is 4.87. The number of esters is 1. The summed E-state index contributed by atoms with van der Waals surface area (Å²) in [6.45, 7) is 3.64. The molecule has 0 bridgehead atoms.